The van der Waals surface area contributed by atoms with E-state index in [2.05, 4.69) is 43.2 Å². The quantitative estimate of drug-likeness (QED) is 0.454. The van der Waals surface area contributed by atoms with Gasteiger partial charge >= 0.3 is 0 Å². The van der Waals surface area contributed by atoms with Gasteiger partial charge in [0.15, 0.2) is 6.29 Å². The zero-order valence-electron chi connectivity index (χ0n) is 20.4. The van der Waals surface area contributed by atoms with Crippen molar-refractivity contribution in [3.63, 3.8) is 0 Å². The molecular weight excluding hydrogens is 430 g/mol. The van der Waals surface area contributed by atoms with Crippen molar-refractivity contribution in [1.82, 2.24) is 9.97 Å². The van der Waals surface area contributed by atoms with Crippen molar-refractivity contribution in [3.05, 3.63) is 70.4 Å². The first-order valence-corrected chi connectivity index (χ1v) is 11.7. The van der Waals surface area contributed by atoms with E-state index in [1.807, 2.05) is 30.3 Å². The Morgan fingerprint density at radius 3 is 2.41 bits per heavy atom. The van der Waals surface area contributed by atoms with Crippen LogP contribution in [0.15, 0.2) is 42.5 Å². The summed E-state index contributed by atoms with van der Waals surface area (Å²) in [4.78, 5) is 9.39. The van der Waals surface area contributed by atoms with E-state index in [4.69, 9.17) is 23.9 Å². The molecule has 1 aliphatic heterocycles. The fraction of sp³-hybridized carbons (Fsp3) is 0.407. The van der Waals surface area contributed by atoms with Gasteiger partial charge in [-0.15, -0.1) is 0 Å². The number of benzene rings is 2. The maximum Gasteiger partial charge on any atom is 0.230 e. The summed E-state index contributed by atoms with van der Waals surface area (Å²) >= 11 is 0. The van der Waals surface area contributed by atoms with E-state index in [0.29, 0.717) is 24.9 Å². The topological polar surface area (TPSA) is 74.7 Å². The first-order valence-electron chi connectivity index (χ1n) is 11.7. The van der Waals surface area contributed by atoms with Crippen LogP contribution in [0, 0.1) is 20.8 Å². The van der Waals surface area contributed by atoms with Crippen molar-refractivity contribution in [2.75, 3.05) is 25.6 Å². The van der Waals surface area contributed by atoms with Gasteiger partial charge in [0.2, 0.25) is 11.8 Å². The van der Waals surface area contributed by atoms with Gasteiger partial charge in [0, 0.05) is 23.9 Å². The first kappa shape index (κ1) is 24.0. The van der Waals surface area contributed by atoms with Crippen LogP contribution in [0.3, 0.4) is 0 Å². The number of aromatic nitrogens is 2. The van der Waals surface area contributed by atoms with Gasteiger partial charge in [-0.2, -0.15) is 4.98 Å². The lowest BCUT2D eigenvalue weighted by Crippen LogP contribution is -2.25. The van der Waals surface area contributed by atoms with Crippen LogP contribution < -0.4 is 14.8 Å². The van der Waals surface area contributed by atoms with Crippen LogP contribution in [0.1, 0.15) is 40.8 Å². The molecule has 0 amide bonds. The van der Waals surface area contributed by atoms with Gasteiger partial charge in [-0.3, -0.25) is 0 Å². The van der Waals surface area contributed by atoms with Crippen LogP contribution in [0.5, 0.6) is 11.6 Å². The molecular formula is C27H33N3O4. The second-order valence-corrected chi connectivity index (χ2v) is 8.60. The molecule has 2 aromatic carbocycles. The number of methoxy groups -OCH3 is 1. The summed E-state index contributed by atoms with van der Waals surface area (Å²) in [7, 11) is 1.66. The predicted octanol–water partition coefficient (Wildman–Crippen LogP) is 5.43. The maximum atomic E-state index is 6.06. The molecule has 0 bridgehead atoms. The largest absolute Gasteiger partial charge is 0.497 e. The Morgan fingerprint density at radius 1 is 0.941 bits per heavy atom. The van der Waals surface area contributed by atoms with E-state index in [0.717, 1.165) is 54.3 Å². The van der Waals surface area contributed by atoms with Gasteiger partial charge in [0.05, 0.1) is 20.3 Å². The molecule has 2 heterocycles. The third-order valence-corrected chi connectivity index (χ3v) is 5.92. The van der Waals surface area contributed by atoms with Crippen molar-refractivity contribution in [3.8, 4) is 11.6 Å². The molecule has 1 aliphatic rings. The third kappa shape index (κ3) is 6.46. The van der Waals surface area contributed by atoms with Crippen LogP contribution in [0.2, 0.25) is 0 Å². The predicted molar refractivity (Wildman–Crippen MR) is 132 cm³/mol. The summed E-state index contributed by atoms with van der Waals surface area (Å²) in [6.45, 7) is 8.18. The van der Waals surface area contributed by atoms with Crippen molar-refractivity contribution < 1.29 is 18.9 Å². The van der Waals surface area contributed by atoms with Crippen LogP contribution in [-0.4, -0.2) is 36.6 Å². The molecule has 34 heavy (non-hydrogen) atoms. The molecule has 4 rings (SSSR count). The number of anilines is 2. The molecule has 1 fully saturated rings. The minimum absolute atomic E-state index is 0.189. The summed E-state index contributed by atoms with van der Waals surface area (Å²) in [5.74, 6) is 1.85. The van der Waals surface area contributed by atoms with E-state index >= 15 is 0 Å². The van der Waals surface area contributed by atoms with E-state index < -0.39 is 0 Å². The van der Waals surface area contributed by atoms with E-state index in [9.17, 15) is 0 Å². The van der Waals surface area contributed by atoms with Gasteiger partial charge in [-0.25, -0.2) is 4.98 Å². The second-order valence-electron chi connectivity index (χ2n) is 8.60. The van der Waals surface area contributed by atoms with Crippen LogP contribution >= 0.6 is 0 Å². The Hall–Kier alpha value is -3.16. The number of ether oxygens (including phenoxy) is 4. The normalized spacial score (nSPS) is 14.1. The maximum absolute atomic E-state index is 6.06. The van der Waals surface area contributed by atoms with Crippen LogP contribution in [0.4, 0.5) is 11.6 Å². The highest BCUT2D eigenvalue weighted by Crippen LogP contribution is 2.25. The molecule has 0 spiro atoms. The highest BCUT2D eigenvalue weighted by molar-refractivity contribution is 5.61. The van der Waals surface area contributed by atoms with Crippen molar-refractivity contribution in [2.45, 2.75) is 52.9 Å². The highest BCUT2D eigenvalue weighted by Gasteiger charge is 2.16. The Bertz CT molecular complexity index is 1100. The van der Waals surface area contributed by atoms with Crippen molar-refractivity contribution in [1.29, 1.82) is 0 Å². The molecule has 0 radical (unpaired) electrons. The lowest BCUT2D eigenvalue weighted by atomic mass is 10.1. The number of rotatable bonds is 9. The van der Waals surface area contributed by atoms with E-state index in [1.54, 1.807) is 7.11 Å². The SMILES string of the molecule is COc1ccc(COc2cc(CCC3OCCCO3)nc(Nc3cc(C)c(C)cc3C)n2)cc1. The summed E-state index contributed by atoms with van der Waals surface area (Å²) in [6, 6.07) is 14.0. The monoisotopic (exact) mass is 463 g/mol. The average Bonchev–Trinajstić information content (AvgIpc) is 2.86. The fourth-order valence-corrected chi connectivity index (χ4v) is 3.79. The molecule has 3 aromatic rings. The lowest BCUT2D eigenvalue weighted by Gasteiger charge is -2.23. The minimum atomic E-state index is -0.189. The zero-order chi connectivity index (χ0) is 23.9. The Morgan fingerprint density at radius 2 is 1.68 bits per heavy atom. The molecule has 0 aliphatic carbocycles. The van der Waals surface area contributed by atoms with Crippen LogP contribution in [-0.2, 0) is 22.5 Å². The van der Waals surface area contributed by atoms with E-state index in [1.165, 1.54) is 11.1 Å². The molecule has 7 nitrogen and oxygen atoms in total. The molecule has 0 saturated carbocycles. The lowest BCUT2D eigenvalue weighted by molar-refractivity contribution is -0.180. The second kappa shape index (κ2) is 11.3. The molecule has 1 N–H and O–H groups in total. The first-order chi connectivity index (χ1) is 16.5. The smallest absolute Gasteiger partial charge is 0.230 e. The third-order valence-electron chi connectivity index (χ3n) is 5.92. The number of hydrogen-bond acceptors (Lipinski definition) is 7. The molecule has 0 atom stereocenters. The number of nitrogens with zero attached hydrogens (tertiary/aromatic N) is 2. The Labute approximate surface area is 201 Å². The molecule has 0 unspecified atom stereocenters. The van der Waals surface area contributed by atoms with Crippen LogP contribution in [0.25, 0.3) is 0 Å². The molecule has 1 saturated heterocycles. The fourth-order valence-electron chi connectivity index (χ4n) is 3.79. The van der Waals surface area contributed by atoms with Crippen molar-refractivity contribution >= 4 is 11.6 Å². The number of aryl methyl sites for hydroxylation is 4. The van der Waals surface area contributed by atoms with Gasteiger partial charge in [-0.05, 0) is 74.1 Å². The average molecular weight is 464 g/mol. The Kier molecular flexibility index (Phi) is 7.98. The molecule has 180 valence electrons. The minimum Gasteiger partial charge on any atom is -0.497 e. The number of nitrogens with one attached hydrogen (secondary N) is 1. The summed E-state index contributed by atoms with van der Waals surface area (Å²) in [5.41, 5.74) is 6.51. The zero-order valence-corrected chi connectivity index (χ0v) is 20.4. The Balaban J connectivity index is 1.52. The molecule has 1 aromatic heterocycles. The summed E-state index contributed by atoms with van der Waals surface area (Å²) < 4.78 is 22.7. The van der Waals surface area contributed by atoms with Crippen molar-refractivity contribution in [2.24, 2.45) is 0 Å². The van der Waals surface area contributed by atoms with Gasteiger partial charge in [0.1, 0.15) is 12.4 Å². The molecule has 7 heteroatoms. The van der Waals surface area contributed by atoms with Gasteiger partial charge in [-0.1, -0.05) is 18.2 Å². The van der Waals surface area contributed by atoms with E-state index in [-0.39, 0.29) is 6.29 Å². The summed E-state index contributed by atoms with van der Waals surface area (Å²) in [6.07, 6.45) is 2.19. The van der Waals surface area contributed by atoms with Gasteiger partial charge < -0.3 is 24.3 Å². The number of hydrogen-bond donors (Lipinski definition) is 1. The standard InChI is InChI=1S/C27H33N3O4/c1-18-14-20(3)24(15-19(18)2)29-27-28-22(8-11-26-32-12-5-13-33-26)16-25(30-27)34-17-21-6-9-23(31-4)10-7-21/h6-7,9-10,14-16,26H,5,8,11-13,17H2,1-4H3,(H,28,29,30). The summed E-state index contributed by atoms with van der Waals surface area (Å²) in [5, 5.41) is 3.39. The highest BCUT2D eigenvalue weighted by atomic mass is 16.7. The van der Waals surface area contributed by atoms with Gasteiger partial charge in [0.25, 0.3) is 0 Å².